The lowest BCUT2D eigenvalue weighted by molar-refractivity contribution is 0.0982. The van der Waals surface area contributed by atoms with E-state index in [-0.39, 0.29) is 17.4 Å². The summed E-state index contributed by atoms with van der Waals surface area (Å²) < 4.78 is 28.5. The average molecular weight is 524 g/mol. The van der Waals surface area contributed by atoms with Gasteiger partial charge < -0.3 is 4.57 Å². The highest BCUT2D eigenvalue weighted by atomic mass is 35.5. The van der Waals surface area contributed by atoms with Crippen LogP contribution in [0, 0.1) is 12.8 Å². The molecule has 4 rings (SSSR count). The van der Waals surface area contributed by atoms with Crippen LogP contribution in [0.15, 0.2) is 82.8 Å². The smallest absolute Gasteiger partial charge is 0.265 e. The number of rotatable bonds is 8. The summed E-state index contributed by atoms with van der Waals surface area (Å²) >= 11 is 6.86. The summed E-state index contributed by atoms with van der Waals surface area (Å²) in [6, 6.07) is 15.3. The summed E-state index contributed by atoms with van der Waals surface area (Å²) in [7, 11) is -3.86. The topological polar surface area (TPSA) is 81.1 Å². The van der Waals surface area contributed by atoms with Crippen LogP contribution in [0.25, 0.3) is 11.0 Å². The number of carbonyl (C=O) groups excluding carboxylic acids is 1. The van der Waals surface area contributed by atoms with Crippen LogP contribution in [-0.2, 0) is 16.6 Å². The van der Waals surface area contributed by atoms with E-state index in [4.69, 9.17) is 11.6 Å². The van der Waals surface area contributed by atoms with Gasteiger partial charge in [-0.05, 0) is 42.7 Å². The Balaban J connectivity index is 1.60. The predicted octanol–water partition coefficient (Wildman–Crippen LogP) is 6.20. The van der Waals surface area contributed by atoms with Crippen LogP contribution in [0.4, 0.5) is 0 Å². The lowest BCUT2D eigenvalue weighted by Crippen LogP contribution is -2.28. The number of unbranched alkanes of at least 4 members (excludes halogenated alkanes) is 1. The third-order valence-electron chi connectivity index (χ3n) is 6.43. The van der Waals surface area contributed by atoms with Crippen molar-refractivity contribution in [2.45, 2.75) is 46.1 Å². The van der Waals surface area contributed by atoms with Crippen molar-refractivity contribution in [1.29, 1.82) is 0 Å². The van der Waals surface area contributed by atoms with E-state index in [0.29, 0.717) is 13.0 Å². The van der Waals surface area contributed by atoms with Crippen LogP contribution >= 0.6 is 11.6 Å². The van der Waals surface area contributed by atoms with Crippen molar-refractivity contribution in [1.82, 2.24) is 14.3 Å². The van der Waals surface area contributed by atoms with Crippen LogP contribution in [0.5, 0.6) is 0 Å². The Hall–Kier alpha value is -3.16. The van der Waals surface area contributed by atoms with E-state index in [2.05, 4.69) is 40.9 Å². The Bertz CT molecular complexity index is 1470. The maximum absolute atomic E-state index is 12.7. The Morgan fingerprint density at radius 3 is 2.67 bits per heavy atom. The van der Waals surface area contributed by atoms with Gasteiger partial charge in [0.15, 0.2) is 0 Å². The molecule has 0 saturated carbocycles. The molecule has 1 aromatic heterocycles. The van der Waals surface area contributed by atoms with E-state index in [9.17, 15) is 13.2 Å². The highest BCUT2D eigenvalue weighted by Crippen LogP contribution is 2.39. The van der Waals surface area contributed by atoms with Crippen LogP contribution in [0.1, 0.15) is 54.4 Å². The van der Waals surface area contributed by atoms with Crippen molar-refractivity contribution in [2.75, 3.05) is 0 Å². The van der Waals surface area contributed by atoms with E-state index in [1.54, 1.807) is 18.2 Å². The van der Waals surface area contributed by atoms with Crippen molar-refractivity contribution < 1.29 is 13.2 Å². The van der Waals surface area contributed by atoms with Gasteiger partial charge in [-0.2, -0.15) is 0 Å². The molecule has 0 saturated heterocycles. The molecule has 6 nitrogen and oxygen atoms in total. The third kappa shape index (κ3) is 5.63. The lowest BCUT2D eigenvalue weighted by Gasteiger charge is -2.27. The van der Waals surface area contributed by atoms with Gasteiger partial charge >= 0.3 is 0 Å². The molecule has 2 unspecified atom stereocenters. The number of aromatic nitrogens is 2. The molecule has 0 spiro atoms. The number of sulfonamides is 1. The highest BCUT2D eigenvalue weighted by molar-refractivity contribution is 7.92. The molecule has 36 heavy (non-hydrogen) atoms. The van der Waals surface area contributed by atoms with Crippen LogP contribution in [0.3, 0.4) is 0 Å². The molecule has 0 radical (unpaired) electrons. The summed E-state index contributed by atoms with van der Waals surface area (Å²) in [5.74, 6) is 0.418. The van der Waals surface area contributed by atoms with E-state index in [1.165, 1.54) is 11.6 Å². The third-order valence-corrected chi connectivity index (χ3v) is 8.04. The molecule has 1 amide bonds. The number of benzene rings is 2. The van der Waals surface area contributed by atoms with Gasteiger partial charge in [-0.3, -0.25) is 4.79 Å². The summed E-state index contributed by atoms with van der Waals surface area (Å²) in [6.07, 6.45) is 7.23. The largest absolute Gasteiger partial charge is 0.324 e. The quantitative estimate of drug-likeness (QED) is 0.381. The summed E-state index contributed by atoms with van der Waals surface area (Å²) in [6.45, 7) is 6.47. The number of allylic oxidation sites excluding steroid dienone is 5. The molecule has 3 aromatic rings. The van der Waals surface area contributed by atoms with Crippen LogP contribution in [-0.4, -0.2) is 23.9 Å². The molecule has 1 heterocycles. The van der Waals surface area contributed by atoms with Crippen molar-refractivity contribution >= 4 is 38.6 Å². The molecule has 0 fully saturated rings. The fourth-order valence-electron chi connectivity index (χ4n) is 4.46. The Morgan fingerprint density at radius 2 is 1.94 bits per heavy atom. The van der Waals surface area contributed by atoms with Crippen molar-refractivity contribution in [3.05, 3.63) is 99.7 Å². The summed E-state index contributed by atoms with van der Waals surface area (Å²) in [5, 5.41) is 1.83. The second-order valence-corrected chi connectivity index (χ2v) is 11.0. The van der Waals surface area contributed by atoms with E-state index < -0.39 is 15.9 Å². The number of hydrogen-bond donors (Lipinski definition) is 1. The molecule has 8 heteroatoms. The molecule has 188 valence electrons. The first-order valence-corrected chi connectivity index (χ1v) is 13.9. The van der Waals surface area contributed by atoms with E-state index >= 15 is 0 Å². The lowest BCUT2D eigenvalue weighted by atomic mass is 9.82. The van der Waals surface area contributed by atoms with Crippen molar-refractivity contribution in [2.24, 2.45) is 5.92 Å². The zero-order chi connectivity index (χ0) is 25.9. The number of nitrogens with one attached hydrogen (secondary N) is 1. The van der Waals surface area contributed by atoms with Gasteiger partial charge in [-0.1, -0.05) is 80.4 Å². The number of hydrogen-bond acceptors (Lipinski definition) is 4. The SMILES string of the molecule is CCC/C=C/S(=O)(=O)NC(=O)c1ccc2nc(C)n(CC3=C(Cl)C(C)C(c4ccccc4)C=C3)c2c1. The molecule has 1 N–H and O–H groups in total. The molecule has 0 bridgehead atoms. The number of halogens is 1. The zero-order valence-electron chi connectivity index (χ0n) is 20.6. The van der Waals surface area contributed by atoms with Gasteiger partial charge in [-0.25, -0.2) is 18.1 Å². The van der Waals surface area contributed by atoms with Gasteiger partial charge in [0.1, 0.15) is 5.82 Å². The van der Waals surface area contributed by atoms with E-state index in [0.717, 1.165) is 39.3 Å². The molecule has 2 aromatic carbocycles. The van der Waals surface area contributed by atoms with E-state index in [1.807, 2.05) is 36.6 Å². The maximum Gasteiger partial charge on any atom is 0.265 e. The fraction of sp³-hybridized carbons (Fsp3) is 0.286. The first kappa shape index (κ1) is 25.9. The number of aryl methyl sites for hydroxylation is 1. The minimum absolute atomic E-state index is 0.122. The summed E-state index contributed by atoms with van der Waals surface area (Å²) in [4.78, 5) is 17.3. The first-order chi connectivity index (χ1) is 17.2. The minimum Gasteiger partial charge on any atom is -0.324 e. The molecule has 2 atom stereocenters. The average Bonchev–Trinajstić information content (AvgIpc) is 3.16. The Labute approximate surface area is 217 Å². The number of carbonyl (C=O) groups is 1. The van der Waals surface area contributed by atoms with Crippen molar-refractivity contribution in [3.8, 4) is 0 Å². The minimum atomic E-state index is -3.86. The predicted molar refractivity (Wildman–Crippen MR) is 145 cm³/mol. The Morgan fingerprint density at radius 1 is 1.19 bits per heavy atom. The number of imidazole rings is 1. The molecule has 1 aliphatic rings. The zero-order valence-corrected chi connectivity index (χ0v) is 22.2. The highest BCUT2D eigenvalue weighted by Gasteiger charge is 2.25. The summed E-state index contributed by atoms with van der Waals surface area (Å²) in [5.41, 5.74) is 3.91. The Kier molecular flexibility index (Phi) is 7.81. The van der Waals surface area contributed by atoms with Crippen molar-refractivity contribution in [3.63, 3.8) is 0 Å². The second-order valence-electron chi connectivity index (χ2n) is 9.04. The van der Waals surface area contributed by atoms with Gasteiger partial charge in [0.2, 0.25) is 0 Å². The van der Waals surface area contributed by atoms with Crippen LogP contribution in [0.2, 0.25) is 0 Å². The second kappa shape index (κ2) is 10.8. The molecule has 1 aliphatic carbocycles. The number of fused-ring (bicyclic) bond motifs is 1. The fourth-order valence-corrected chi connectivity index (χ4v) is 5.55. The van der Waals surface area contributed by atoms with Crippen LogP contribution < -0.4 is 4.72 Å². The van der Waals surface area contributed by atoms with Gasteiger partial charge in [0.05, 0.1) is 17.6 Å². The standard InChI is InChI=1S/C28H30ClN3O3S/c1-4-5-9-16-36(34,35)31-28(33)22-13-15-25-26(17-22)32(20(3)30-25)18-23-12-14-24(19(2)27(23)29)21-10-7-6-8-11-21/h6-17,19,24H,4-5,18H2,1-3H3,(H,31,33)/b16-9+. The number of amides is 1. The maximum atomic E-state index is 12.7. The monoisotopic (exact) mass is 523 g/mol. The molecule has 0 aliphatic heterocycles. The first-order valence-electron chi connectivity index (χ1n) is 12.0. The van der Waals surface area contributed by atoms with Gasteiger partial charge in [-0.15, -0.1) is 0 Å². The number of nitrogens with zero attached hydrogens (tertiary/aromatic N) is 2. The molecular weight excluding hydrogens is 494 g/mol. The normalized spacial score (nSPS) is 18.3. The molecular formula is C28H30ClN3O3S. The van der Waals surface area contributed by atoms with Gasteiger partial charge in [0.25, 0.3) is 15.9 Å². The van der Waals surface area contributed by atoms with Gasteiger partial charge in [0, 0.05) is 27.8 Å².